The Morgan fingerprint density at radius 1 is 1.20 bits per heavy atom. The van der Waals surface area contributed by atoms with E-state index in [1.165, 1.54) is 11.3 Å². The molecule has 1 heterocycles. The molecule has 0 fully saturated rings. The van der Waals surface area contributed by atoms with Crippen LogP contribution in [0.3, 0.4) is 0 Å². The van der Waals surface area contributed by atoms with Crippen LogP contribution in [0.25, 0.3) is 0 Å². The molecule has 2 rings (SSSR count). The van der Waals surface area contributed by atoms with Gasteiger partial charge in [0.15, 0.2) is 0 Å². The predicted molar refractivity (Wildman–Crippen MR) is 89.1 cm³/mol. The first-order valence-corrected chi connectivity index (χ1v) is 7.92. The Hall–Kier alpha value is -0.610. The lowest BCUT2D eigenvalue weighted by Crippen LogP contribution is -2.07. The second kappa shape index (κ2) is 6.44. The van der Waals surface area contributed by atoms with Gasteiger partial charge in [0.2, 0.25) is 0 Å². The molecular formula is C14H14Cl3NOS. The molecule has 2 nitrogen and oxygen atoms in total. The maximum Gasteiger partial charge on any atom is 0.143 e. The molecule has 0 aliphatic heterocycles. The second-order valence-corrected chi connectivity index (χ2v) is 7.14. The summed E-state index contributed by atoms with van der Waals surface area (Å²) in [6, 6.07) is 5.65. The Labute approximate surface area is 137 Å². The number of benzene rings is 1. The molecule has 1 aromatic heterocycles. The van der Waals surface area contributed by atoms with E-state index in [-0.39, 0.29) is 6.04 Å². The van der Waals surface area contributed by atoms with Crippen LogP contribution in [0.2, 0.25) is 13.7 Å². The van der Waals surface area contributed by atoms with Gasteiger partial charge in [-0.2, -0.15) is 0 Å². The molecule has 20 heavy (non-hydrogen) atoms. The van der Waals surface area contributed by atoms with Crippen molar-refractivity contribution in [3.8, 4) is 5.75 Å². The molecular weight excluding hydrogens is 337 g/mol. The van der Waals surface area contributed by atoms with Crippen LogP contribution in [0, 0.1) is 6.92 Å². The fraction of sp³-hybridized carbons (Fsp3) is 0.286. The molecule has 1 atom stereocenters. The van der Waals surface area contributed by atoms with Crippen LogP contribution in [0.1, 0.15) is 24.1 Å². The minimum absolute atomic E-state index is 0.0146. The summed E-state index contributed by atoms with van der Waals surface area (Å²) < 4.78 is 6.72. The number of ether oxygens (including phenoxy) is 1. The monoisotopic (exact) mass is 349 g/mol. The van der Waals surface area contributed by atoms with Crippen molar-refractivity contribution >= 4 is 51.8 Å². The van der Waals surface area contributed by atoms with E-state index >= 15 is 0 Å². The lowest BCUT2D eigenvalue weighted by Gasteiger charge is -2.18. The number of methoxy groups -OCH3 is 1. The first kappa shape index (κ1) is 15.8. The Morgan fingerprint density at radius 3 is 2.45 bits per heavy atom. The van der Waals surface area contributed by atoms with E-state index < -0.39 is 0 Å². The van der Waals surface area contributed by atoms with Gasteiger partial charge in [0.1, 0.15) is 5.75 Å². The fourth-order valence-corrected chi connectivity index (χ4v) is 3.70. The summed E-state index contributed by atoms with van der Waals surface area (Å²) in [6.07, 6.45) is 0. The molecule has 0 aliphatic carbocycles. The average molecular weight is 351 g/mol. The molecule has 108 valence electrons. The highest BCUT2D eigenvalue weighted by Gasteiger charge is 2.15. The zero-order valence-corrected chi connectivity index (χ0v) is 14.3. The predicted octanol–water partition coefficient (Wildman–Crippen LogP) is 6.20. The number of rotatable bonds is 4. The van der Waals surface area contributed by atoms with Crippen molar-refractivity contribution < 1.29 is 4.74 Å². The maximum atomic E-state index is 6.18. The van der Waals surface area contributed by atoms with Gasteiger partial charge < -0.3 is 10.1 Å². The SMILES string of the molecule is COc1cc(Cl)c(C)cc1NC(C)c1cc(Cl)sc1Cl. The van der Waals surface area contributed by atoms with Crippen molar-refractivity contribution in [1.29, 1.82) is 0 Å². The van der Waals surface area contributed by atoms with E-state index in [1.54, 1.807) is 13.2 Å². The van der Waals surface area contributed by atoms with Gasteiger partial charge in [0.05, 0.1) is 27.5 Å². The van der Waals surface area contributed by atoms with E-state index in [0.29, 0.717) is 19.4 Å². The van der Waals surface area contributed by atoms with E-state index in [4.69, 9.17) is 39.5 Å². The number of nitrogens with one attached hydrogen (secondary N) is 1. The largest absolute Gasteiger partial charge is 0.495 e. The molecule has 1 aromatic carbocycles. The van der Waals surface area contributed by atoms with Crippen molar-refractivity contribution in [3.05, 3.63) is 43.0 Å². The zero-order valence-electron chi connectivity index (χ0n) is 11.3. The summed E-state index contributed by atoms with van der Waals surface area (Å²) >= 11 is 19.6. The lowest BCUT2D eigenvalue weighted by molar-refractivity contribution is 0.416. The van der Waals surface area contributed by atoms with Crippen LogP contribution in [-0.2, 0) is 0 Å². The molecule has 1 N–H and O–H groups in total. The zero-order chi connectivity index (χ0) is 14.9. The standard InChI is InChI=1S/C14H14Cl3NOS/c1-7-4-11(12(19-3)6-10(7)15)18-8(2)9-5-13(16)20-14(9)17/h4-6,8,18H,1-3H3. The van der Waals surface area contributed by atoms with Crippen LogP contribution >= 0.6 is 46.1 Å². The number of hydrogen-bond acceptors (Lipinski definition) is 3. The minimum atomic E-state index is 0.0146. The molecule has 2 aromatic rings. The van der Waals surface area contributed by atoms with Gasteiger partial charge in [0.25, 0.3) is 0 Å². The third-order valence-electron chi connectivity index (χ3n) is 3.00. The van der Waals surface area contributed by atoms with Crippen LogP contribution in [-0.4, -0.2) is 7.11 Å². The third-order valence-corrected chi connectivity index (χ3v) is 4.93. The van der Waals surface area contributed by atoms with Gasteiger partial charge >= 0.3 is 0 Å². The van der Waals surface area contributed by atoms with E-state index in [0.717, 1.165) is 16.8 Å². The second-order valence-electron chi connectivity index (χ2n) is 4.45. The first-order valence-electron chi connectivity index (χ1n) is 5.97. The smallest absolute Gasteiger partial charge is 0.143 e. The molecule has 0 saturated heterocycles. The number of aryl methyl sites for hydroxylation is 1. The molecule has 6 heteroatoms. The average Bonchev–Trinajstić information content (AvgIpc) is 2.72. The number of thiophene rings is 1. The van der Waals surface area contributed by atoms with Crippen LogP contribution in [0.5, 0.6) is 5.75 Å². The van der Waals surface area contributed by atoms with Gasteiger partial charge in [-0.05, 0) is 31.5 Å². The summed E-state index contributed by atoms with van der Waals surface area (Å²) in [7, 11) is 1.62. The number of hydrogen-bond donors (Lipinski definition) is 1. The van der Waals surface area contributed by atoms with Gasteiger partial charge in [-0.1, -0.05) is 34.8 Å². The normalized spacial score (nSPS) is 12.3. The van der Waals surface area contributed by atoms with E-state index in [9.17, 15) is 0 Å². The van der Waals surface area contributed by atoms with Crippen molar-refractivity contribution in [2.75, 3.05) is 12.4 Å². The molecule has 0 aliphatic rings. The molecule has 0 bridgehead atoms. The topological polar surface area (TPSA) is 21.3 Å². The Bertz CT molecular complexity index is 627. The fourth-order valence-electron chi connectivity index (χ4n) is 1.90. The minimum Gasteiger partial charge on any atom is -0.495 e. The molecule has 0 saturated carbocycles. The summed E-state index contributed by atoms with van der Waals surface area (Å²) in [5, 5.41) is 4.06. The highest BCUT2D eigenvalue weighted by molar-refractivity contribution is 7.20. The third kappa shape index (κ3) is 3.34. The van der Waals surface area contributed by atoms with Crippen LogP contribution in [0.4, 0.5) is 5.69 Å². The first-order chi connectivity index (χ1) is 9.42. The lowest BCUT2D eigenvalue weighted by atomic mass is 10.1. The Balaban J connectivity index is 2.29. The molecule has 0 radical (unpaired) electrons. The Morgan fingerprint density at radius 2 is 1.90 bits per heavy atom. The summed E-state index contributed by atoms with van der Waals surface area (Å²) in [4.78, 5) is 0. The summed E-state index contributed by atoms with van der Waals surface area (Å²) in [5.74, 6) is 0.699. The van der Waals surface area contributed by atoms with Gasteiger partial charge in [-0.25, -0.2) is 0 Å². The van der Waals surface area contributed by atoms with Gasteiger partial charge in [-0.3, -0.25) is 0 Å². The van der Waals surface area contributed by atoms with E-state index in [1.807, 2.05) is 26.0 Å². The van der Waals surface area contributed by atoms with Crippen molar-refractivity contribution in [1.82, 2.24) is 0 Å². The van der Waals surface area contributed by atoms with Gasteiger partial charge in [-0.15, -0.1) is 11.3 Å². The van der Waals surface area contributed by atoms with Crippen LogP contribution < -0.4 is 10.1 Å². The Kier molecular flexibility index (Phi) is 5.08. The van der Waals surface area contributed by atoms with Gasteiger partial charge in [0, 0.05) is 16.7 Å². The quantitative estimate of drug-likeness (QED) is 0.709. The van der Waals surface area contributed by atoms with Crippen LogP contribution in [0.15, 0.2) is 18.2 Å². The maximum absolute atomic E-state index is 6.18. The summed E-state index contributed by atoms with van der Waals surface area (Å²) in [6.45, 7) is 3.97. The van der Waals surface area contributed by atoms with E-state index in [2.05, 4.69) is 5.32 Å². The van der Waals surface area contributed by atoms with Crippen molar-refractivity contribution in [2.24, 2.45) is 0 Å². The molecule has 0 spiro atoms. The number of anilines is 1. The van der Waals surface area contributed by atoms with Crippen molar-refractivity contribution in [2.45, 2.75) is 19.9 Å². The highest BCUT2D eigenvalue weighted by atomic mass is 35.5. The summed E-state index contributed by atoms with van der Waals surface area (Å²) in [5.41, 5.74) is 2.83. The van der Waals surface area contributed by atoms with Crippen molar-refractivity contribution in [3.63, 3.8) is 0 Å². The number of halogens is 3. The highest BCUT2D eigenvalue weighted by Crippen LogP contribution is 2.38. The molecule has 1 unspecified atom stereocenters. The molecule has 0 amide bonds.